The minimum Gasteiger partial charge on any atom is -0.407 e. The fraction of sp³-hybridized carbons (Fsp3) is 0.750. The average molecular weight is 184 g/mol. The van der Waals surface area contributed by atoms with Crippen LogP contribution < -0.4 is 10.6 Å². The van der Waals surface area contributed by atoms with Gasteiger partial charge < -0.3 is 15.1 Å². The van der Waals surface area contributed by atoms with Crippen LogP contribution in [-0.2, 0) is 6.54 Å². The highest BCUT2D eigenvalue weighted by Gasteiger charge is 2.13. The second kappa shape index (κ2) is 3.74. The van der Waals surface area contributed by atoms with E-state index >= 15 is 0 Å². The van der Waals surface area contributed by atoms with Crippen molar-refractivity contribution in [1.82, 2.24) is 15.5 Å². The highest BCUT2D eigenvalue weighted by Crippen LogP contribution is 2.12. The van der Waals surface area contributed by atoms with Crippen molar-refractivity contribution >= 4 is 6.01 Å². The molecule has 0 fully saturated rings. The van der Waals surface area contributed by atoms with Crippen LogP contribution in [0.15, 0.2) is 4.42 Å². The van der Waals surface area contributed by atoms with Crippen molar-refractivity contribution < 1.29 is 4.42 Å². The molecule has 0 unspecified atom stereocenters. The molecule has 0 bridgehead atoms. The maximum Gasteiger partial charge on any atom is 0.315 e. The Hall–Kier alpha value is -1.10. The van der Waals surface area contributed by atoms with E-state index in [1.807, 2.05) is 27.8 Å². The molecule has 0 aliphatic carbocycles. The van der Waals surface area contributed by atoms with Crippen LogP contribution in [0.4, 0.5) is 6.01 Å². The van der Waals surface area contributed by atoms with Gasteiger partial charge in [-0.05, 0) is 27.8 Å². The Labute approximate surface area is 77.9 Å². The van der Waals surface area contributed by atoms with E-state index in [1.165, 1.54) is 0 Å². The summed E-state index contributed by atoms with van der Waals surface area (Å²) in [6.45, 7) is 6.71. The minimum absolute atomic E-state index is 0.0521. The predicted molar refractivity (Wildman–Crippen MR) is 50.4 cm³/mol. The van der Waals surface area contributed by atoms with Gasteiger partial charge in [-0.1, -0.05) is 5.10 Å². The molecule has 13 heavy (non-hydrogen) atoms. The molecule has 1 aromatic rings. The van der Waals surface area contributed by atoms with Crippen LogP contribution >= 0.6 is 0 Å². The summed E-state index contributed by atoms with van der Waals surface area (Å²) < 4.78 is 5.30. The number of nitrogens with zero attached hydrogens (tertiary/aromatic N) is 2. The largest absolute Gasteiger partial charge is 0.407 e. The van der Waals surface area contributed by atoms with Crippen molar-refractivity contribution in [3.8, 4) is 0 Å². The Morgan fingerprint density at radius 1 is 1.31 bits per heavy atom. The summed E-state index contributed by atoms with van der Waals surface area (Å²) in [6, 6.07) is 0.470. The highest BCUT2D eigenvalue weighted by atomic mass is 16.4. The molecule has 1 aromatic heterocycles. The lowest BCUT2D eigenvalue weighted by Gasteiger charge is -2.17. The number of hydrogen-bond acceptors (Lipinski definition) is 5. The van der Waals surface area contributed by atoms with E-state index in [0.717, 1.165) is 0 Å². The second-order valence-electron chi connectivity index (χ2n) is 3.91. The summed E-state index contributed by atoms with van der Waals surface area (Å²) in [5.41, 5.74) is -0.0521. The van der Waals surface area contributed by atoms with Gasteiger partial charge in [0.25, 0.3) is 0 Å². The predicted octanol–water partition coefficient (Wildman–Crippen LogP) is 0.999. The molecule has 1 heterocycles. The zero-order valence-corrected chi connectivity index (χ0v) is 8.51. The molecule has 0 saturated heterocycles. The molecule has 0 aromatic carbocycles. The first kappa shape index (κ1) is 9.98. The maximum atomic E-state index is 5.30. The van der Waals surface area contributed by atoms with Gasteiger partial charge in [0.2, 0.25) is 5.89 Å². The Balaban J connectivity index is 2.59. The Kier molecular flexibility index (Phi) is 2.87. The third-order valence-electron chi connectivity index (χ3n) is 1.28. The van der Waals surface area contributed by atoms with Crippen molar-refractivity contribution in [3.63, 3.8) is 0 Å². The summed E-state index contributed by atoms with van der Waals surface area (Å²) in [4.78, 5) is 0. The van der Waals surface area contributed by atoms with Gasteiger partial charge in [0.05, 0.1) is 6.54 Å². The summed E-state index contributed by atoms with van der Waals surface area (Å²) in [5, 5.41) is 13.7. The summed E-state index contributed by atoms with van der Waals surface area (Å²) in [6.07, 6.45) is 0. The van der Waals surface area contributed by atoms with Gasteiger partial charge in [-0.2, -0.15) is 0 Å². The van der Waals surface area contributed by atoms with E-state index in [0.29, 0.717) is 18.5 Å². The highest BCUT2D eigenvalue weighted by molar-refractivity contribution is 5.21. The van der Waals surface area contributed by atoms with Gasteiger partial charge in [0.15, 0.2) is 0 Å². The molecule has 0 spiro atoms. The van der Waals surface area contributed by atoms with Gasteiger partial charge in [0.1, 0.15) is 0 Å². The van der Waals surface area contributed by atoms with E-state index in [2.05, 4.69) is 20.8 Å². The molecular weight excluding hydrogens is 168 g/mol. The molecule has 0 radical (unpaired) electrons. The van der Waals surface area contributed by atoms with Crippen LogP contribution in [-0.4, -0.2) is 22.8 Å². The number of aromatic nitrogens is 2. The van der Waals surface area contributed by atoms with Crippen LogP contribution in [0.2, 0.25) is 0 Å². The molecule has 0 atom stereocenters. The van der Waals surface area contributed by atoms with Crippen LogP contribution in [0.25, 0.3) is 0 Å². The van der Waals surface area contributed by atoms with E-state index in [9.17, 15) is 0 Å². The monoisotopic (exact) mass is 184 g/mol. The zero-order valence-electron chi connectivity index (χ0n) is 8.51. The first-order valence-electron chi connectivity index (χ1n) is 4.26. The molecule has 0 aliphatic heterocycles. The number of rotatable bonds is 3. The van der Waals surface area contributed by atoms with Gasteiger partial charge in [0, 0.05) is 5.54 Å². The van der Waals surface area contributed by atoms with Crippen molar-refractivity contribution in [2.75, 3.05) is 12.4 Å². The molecule has 74 valence electrons. The normalized spacial score (nSPS) is 11.7. The third kappa shape index (κ3) is 3.42. The van der Waals surface area contributed by atoms with Crippen molar-refractivity contribution in [2.45, 2.75) is 32.9 Å². The van der Waals surface area contributed by atoms with Gasteiger partial charge in [-0.15, -0.1) is 5.10 Å². The summed E-state index contributed by atoms with van der Waals surface area (Å²) >= 11 is 0. The lowest BCUT2D eigenvalue weighted by Crippen LogP contribution is -2.26. The number of hydrogen-bond donors (Lipinski definition) is 2. The average Bonchev–Trinajstić information content (AvgIpc) is 2.33. The number of anilines is 1. The van der Waals surface area contributed by atoms with Crippen LogP contribution in [0, 0.1) is 0 Å². The molecule has 5 heteroatoms. The first-order chi connectivity index (χ1) is 6.01. The van der Waals surface area contributed by atoms with Crippen LogP contribution in [0.1, 0.15) is 26.7 Å². The zero-order chi connectivity index (χ0) is 9.90. The smallest absolute Gasteiger partial charge is 0.315 e. The van der Waals surface area contributed by atoms with E-state index in [1.54, 1.807) is 0 Å². The lowest BCUT2D eigenvalue weighted by atomic mass is 10.1. The first-order valence-corrected chi connectivity index (χ1v) is 4.26. The standard InChI is InChI=1S/C8H16N4O/c1-8(2,3)10-7-12-11-6(13-7)5-9-4/h9H,5H2,1-4H3,(H,10,12). The maximum absolute atomic E-state index is 5.30. The molecule has 0 saturated carbocycles. The molecule has 5 nitrogen and oxygen atoms in total. The SMILES string of the molecule is CNCc1nnc(NC(C)(C)C)o1. The topological polar surface area (TPSA) is 63.0 Å². The fourth-order valence-electron chi connectivity index (χ4n) is 0.848. The van der Waals surface area contributed by atoms with Crippen LogP contribution in [0.3, 0.4) is 0 Å². The second-order valence-corrected chi connectivity index (χ2v) is 3.91. The van der Waals surface area contributed by atoms with E-state index < -0.39 is 0 Å². The molecule has 1 rings (SSSR count). The molecule has 2 N–H and O–H groups in total. The molecule has 0 aliphatic rings. The van der Waals surface area contributed by atoms with Gasteiger partial charge in [-0.25, -0.2) is 0 Å². The van der Waals surface area contributed by atoms with Gasteiger partial charge >= 0.3 is 6.01 Å². The Bertz CT molecular complexity index is 263. The number of nitrogens with one attached hydrogen (secondary N) is 2. The third-order valence-corrected chi connectivity index (χ3v) is 1.28. The van der Waals surface area contributed by atoms with E-state index in [4.69, 9.17) is 4.42 Å². The lowest BCUT2D eigenvalue weighted by molar-refractivity contribution is 0.474. The Morgan fingerprint density at radius 3 is 2.54 bits per heavy atom. The van der Waals surface area contributed by atoms with Crippen molar-refractivity contribution in [1.29, 1.82) is 0 Å². The molecular formula is C8H16N4O. The summed E-state index contributed by atoms with van der Waals surface area (Å²) in [7, 11) is 1.83. The fourth-order valence-corrected chi connectivity index (χ4v) is 0.848. The molecule has 0 amide bonds. The quantitative estimate of drug-likeness (QED) is 0.733. The minimum atomic E-state index is -0.0521. The van der Waals surface area contributed by atoms with E-state index in [-0.39, 0.29) is 5.54 Å². The Morgan fingerprint density at radius 2 is 2.00 bits per heavy atom. The van der Waals surface area contributed by atoms with Gasteiger partial charge in [-0.3, -0.25) is 0 Å². The van der Waals surface area contributed by atoms with Crippen molar-refractivity contribution in [2.24, 2.45) is 0 Å². The summed E-state index contributed by atoms with van der Waals surface area (Å²) in [5.74, 6) is 0.592. The van der Waals surface area contributed by atoms with Crippen LogP contribution in [0.5, 0.6) is 0 Å². The van der Waals surface area contributed by atoms with Crippen molar-refractivity contribution in [3.05, 3.63) is 5.89 Å².